The van der Waals surface area contributed by atoms with Crippen molar-refractivity contribution in [3.8, 4) is 0 Å². The van der Waals surface area contributed by atoms with Crippen molar-refractivity contribution in [2.75, 3.05) is 19.7 Å². The SMILES string of the molecule is CCN1CCCC1Cc1nc(C(C)CO)co1. The summed E-state index contributed by atoms with van der Waals surface area (Å²) in [7, 11) is 0. The normalized spacial score (nSPS) is 23.1. The summed E-state index contributed by atoms with van der Waals surface area (Å²) in [4.78, 5) is 6.95. The lowest BCUT2D eigenvalue weighted by molar-refractivity contribution is 0.254. The molecule has 0 spiro atoms. The summed E-state index contributed by atoms with van der Waals surface area (Å²) in [5.74, 6) is 0.879. The van der Waals surface area contributed by atoms with Gasteiger partial charge in [-0.05, 0) is 25.9 Å². The predicted octanol–water partition coefficient (Wildman–Crippen LogP) is 1.80. The van der Waals surface area contributed by atoms with Crippen molar-refractivity contribution in [1.82, 2.24) is 9.88 Å². The Hall–Kier alpha value is -0.870. The first-order chi connectivity index (χ1) is 8.24. The van der Waals surface area contributed by atoms with E-state index in [1.165, 1.54) is 19.4 Å². The largest absolute Gasteiger partial charge is 0.449 e. The van der Waals surface area contributed by atoms with Gasteiger partial charge in [-0.2, -0.15) is 0 Å². The van der Waals surface area contributed by atoms with Gasteiger partial charge in [-0.1, -0.05) is 13.8 Å². The zero-order chi connectivity index (χ0) is 12.3. The van der Waals surface area contributed by atoms with Gasteiger partial charge in [-0.15, -0.1) is 0 Å². The van der Waals surface area contributed by atoms with Gasteiger partial charge in [0.1, 0.15) is 6.26 Å². The molecular weight excluding hydrogens is 216 g/mol. The Kier molecular flexibility index (Phi) is 4.18. The Labute approximate surface area is 103 Å². The van der Waals surface area contributed by atoms with Crippen LogP contribution in [0.25, 0.3) is 0 Å². The first kappa shape index (κ1) is 12.6. The third-order valence-electron chi connectivity index (χ3n) is 3.66. The molecule has 0 aromatic carbocycles. The highest BCUT2D eigenvalue weighted by Gasteiger charge is 2.25. The Balaban J connectivity index is 1.96. The average molecular weight is 238 g/mol. The highest BCUT2D eigenvalue weighted by molar-refractivity contribution is 5.04. The number of hydrogen-bond acceptors (Lipinski definition) is 4. The monoisotopic (exact) mass is 238 g/mol. The summed E-state index contributed by atoms with van der Waals surface area (Å²) in [6, 6.07) is 0.580. The molecule has 0 saturated carbocycles. The van der Waals surface area contributed by atoms with E-state index in [0.717, 1.165) is 24.6 Å². The lowest BCUT2D eigenvalue weighted by Crippen LogP contribution is -2.30. The first-order valence-corrected chi connectivity index (χ1v) is 6.53. The van der Waals surface area contributed by atoms with Crippen molar-refractivity contribution in [2.24, 2.45) is 0 Å². The van der Waals surface area contributed by atoms with E-state index < -0.39 is 0 Å². The third-order valence-corrected chi connectivity index (χ3v) is 3.66. The van der Waals surface area contributed by atoms with Crippen LogP contribution in [0.3, 0.4) is 0 Å². The highest BCUT2D eigenvalue weighted by Crippen LogP contribution is 2.21. The fourth-order valence-corrected chi connectivity index (χ4v) is 2.48. The lowest BCUT2D eigenvalue weighted by atomic mass is 10.1. The Morgan fingerprint density at radius 3 is 3.18 bits per heavy atom. The number of likely N-dealkylation sites (tertiary alicyclic amines) is 1. The van der Waals surface area contributed by atoms with Crippen LogP contribution in [0.5, 0.6) is 0 Å². The number of likely N-dealkylation sites (N-methyl/N-ethyl adjacent to an activating group) is 1. The summed E-state index contributed by atoms with van der Waals surface area (Å²) in [6.07, 6.45) is 5.09. The molecule has 1 aliphatic heterocycles. The summed E-state index contributed by atoms with van der Waals surface area (Å²) < 4.78 is 5.49. The van der Waals surface area contributed by atoms with Crippen LogP contribution in [-0.4, -0.2) is 40.7 Å². The second-order valence-electron chi connectivity index (χ2n) is 4.88. The van der Waals surface area contributed by atoms with E-state index in [0.29, 0.717) is 6.04 Å². The summed E-state index contributed by atoms with van der Waals surface area (Å²) >= 11 is 0. The van der Waals surface area contributed by atoms with Crippen LogP contribution in [0.4, 0.5) is 0 Å². The number of hydrogen-bond donors (Lipinski definition) is 1. The van der Waals surface area contributed by atoms with Gasteiger partial charge in [0.15, 0.2) is 5.89 Å². The van der Waals surface area contributed by atoms with Gasteiger partial charge in [0.2, 0.25) is 0 Å². The maximum atomic E-state index is 9.07. The molecule has 2 unspecified atom stereocenters. The number of aromatic nitrogens is 1. The van der Waals surface area contributed by atoms with Crippen molar-refractivity contribution in [2.45, 2.75) is 45.1 Å². The molecule has 96 valence electrons. The molecule has 2 rings (SSSR count). The number of oxazole rings is 1. The van der Waals surface area contributed by atoms with E-state index in [1.807, 2.05) is 6.92 Å². The van der Waals surface area contributed by atoms with Crippen molar-refractivity contribution < 1.29 is 9.52 Å². The number of rotatable bonds is 5. The van der Waals surface area contributed by atoms with Crippen LogP contribution in [0.15, 0.2) is 10.7 Å². The number of nitrogens with zero attached hydrogens (tertiary/aromatic N) is 2. The fraction of sp³-hybridized carbons (Fsp3) is 0.769. The Morgan fingerprint density at radius 1 is 1.65 bits per heavy atom. The Bertz CT molecular complexity index is 351. The topological polar surface area (TPSA) is 49.5 Å². The van der Waals surface area contributed by atoms with Gasteiger partial charge in [-0.3, -0.25) is 0 Å². The maximum absolute atomic E-state index is 9.07. The summed E-state index contributed by atoms with van der Waals surface area (Å²) in [6.45, 7) is 6.58. The number of aliphatic hydroxyl groups is 1. The van der Waals surface area contributed by atoms with Crippen molar-refractivity contribution in [3.05, 3.63) is 17.8 Å². The molecule has 2 heterocycles. The predicted molar refractivity (Wildman–Crippen MR) is 66.0 cm³/mol. The molecule has 1 saturated heterocycles. The molecule has 4 nitrogen and oxygen atoms in total. The van der Waals surface area contributed by atoms with Crippen molar-refractivity contribution in [3.63, 3.8) is 0 Å². The van der Waals surface area contributed by atoms with E-state index in [4.69, 9.17) is 9.52 Å². The van der Waals surface area contributed by atoms with Crippen LogP contribution >= 0.6 is 0 Å². The van der Waals surface area contributed by atoms with Gasteiger partial charge in [0.25, 0.3) is 0 Å². The van der Waals surface area contributed by atoms with Crippen LogP contribution < -0.4 is 0 Å². The minimum atomic E-state index is 0.0679. The molecule has 0 bridgehead atoms. The lowest BCUT2D eigenvalue weighted by Gasteiger charge is -2.21. The molecule has 4 heteroatoms. The quantitative estimate of drug-likeness (QED) is 0.849. The molecule has 1 aromatic rings. The Morgan fingerprint density at radius 2 is 2.47 bits per heavy atom. The smallest absolute Gasteiger partial charge is 0.195 e. The second kappa shape index (κ2) is 5.65. The van der Waals surface area contributed by atoms with Crippen molar-refractivity contribution in [1.29, 1.82) is 0 Å². The molecule has 1 N–H and O–H groups in total. The molecule has 1 aliphatic rings. The van der Waals surface area contributed by atoms with E-state index in [9.17, 15) is 0 Å². The van der Waals surface area contributed by atoms with Crippen LogP contribution in [0.1, 0.15) is 44.2 Å². The number of aliphatic hydroxyl groups excluding tert-OH is 1. The van der Waals surface area contributed by atoms with Crippen molar-refractivity contribution >= 4 is 0 Å². The van der Waals surface area contributed by atoms with Crippen LogP contribution in [0.2, 0.25) is 0 Å². The van der Waals surface area contributed by atoms with E-state index in [-0.39, 0.29) is 12.5 Å². The van der Waals surface area contributed by atoms with Gasteiger partial charge in [0, 0.05) is 18.4 Å². The standard InChI is InChI=1S/C13H22N2O2/c1-3-15-6-4-5-11(15)7-13-14-12(9-17-13)10(2)8-16/h9-11,16H,3-8H2,1-2H3. The third kappa shape index (κ3) is 2.87. The molecular formula is C13H22N2O2. The summed E-state index contributed by atoms with van der Waals surface area (Å²) in [5, 5.41) is 9.07. The van der Waals surface area contributed by atoms with Crippen LogP contribution in [-0.2, 0) is 6.42 Å². The van der Waals surface area contributed by atoms with Gasteiger partial charge in [-0.25, -0.2) is 4.98 Å². The molecule has 0 amide bonds. The van der Waals surface area contributed by atoms with Gasteiger partial charge < -0.3 is 14.4 Å². The molecule has 1 aromatic heterocycles. The average Bonchev–Trinajstić information content (AvgIpc) is 2.97. The minimum absolute atomic E-state index is 0.0679. The molecule has 0 radical (unpaired) electrons. The molecule has 2 atom stereocenters. The molecule has 17 heavy (non-hydrogen) atoms. The molecule has 0 aliphatic carbocycles. The van der Waals surface area contributed by atoms with Gasteiger partial charge >= 0.3 is 0 Å². The summed E-state index contributed by atoms with van der Waals surface area (Å²) in [5.41, 5.74) is 0.864. The first-order valence-electron chi connectivity index (χ1n) is 6.53. The zero-order valence-electron chi connectivity index (χ0n) is 10.7. The minimum Gasteiger partial charge on any atom is -0.449 e. The highest BCUT2D eigenvalue weighted by atomic mass is 16.3. The van der Waals surface area contributed by atoms with E-state index in [2.05, 4.69) is 16.8 Å². The van der Waals surface area contributed by atoms with Crippen LogP contribution in [0, 0.1) is 0 Å². The zero-order valence-corrected chi connectivity index (χ0v) is 10.7. The molecule has 1 fully saturated rings. The van der Waals surface area contributed by atoms with E-state index in [1.54, 1.807) is 6.26 Å². The second-order valence-corrected chi connectivity index (χ2v) is 4.88. The van der Waals surface area contributed by atoms with Gasteiger partial charge in [0.05, 0.1) is 12.3 Å². The van der Waals surface area contributed by atoms with E-state index >= 15 is 0 Å². The fourth-order valence-electron chi connectivity index (χ4n) is 2.48. The maximum Gasteiger partial charge on any atom is 0.195 e.